The minimum absolute atomic E-state index is 0.0210. The predicted molar refractivity (Wildman–Crippen MR) is 167 cm³/mol. The summed E-state index contributed by atoms with van der Waals surface area (Å²) in [6.07, 6.45) is -1.02. The molecule has 2 N–H and O–H groups in total. The Balaban J connectivity index is 1.37. The number of rotatable bonds is 9. The highest BCUT2D eigenvalue weighted by Gasteiger charge is 2.38. The van der Waals surface area contributed by atoms with E-state index >= 15 is 0 Å². The summed E-state index contributed by atoms with van der Waals surface area (Å²) in [5, 5.41) is 24.6. The highest BCUT2D eigenvalue weighted by molar-refractivity contribution is 7.99. The van der Waals surface area contributed by atoms with Crippen molar-refractivity contribution in [2.24, 2.45) is 13.0 Å². The fourth-order valence-corrected chi connectivity index (χ4v) is 6.08. The third-order valence-corrected chi connectivity index (χ3v) is 8.90. The molecule has 0 saturated carbocycles. The van der Waals surface area contributed by atoms with Crippen LogP contribution in [0.2, 0.25) is 0 Å². The van der Waals surface area contributed by atoms with Gasteiger partial charge >= 0.3 is 0 Å². The number of thioether (sulfide) groups is 1. The zero-order valence-corrected chi connectivity index (χ0v) is 26.4. The topological polar surface area (TPSA) is 111 Å². The number of amides is 1. The lowest BCUT2D eigenvalue weighted by atomic mass is 9.91. The van der Waals surface area contributed by atoms with Gasteiger partial charge in [-0.1, -0.05) is 126 Å². The second kappa shape index (κ2) is 13.9. The lowest BCUT2D eigenvalue weighted by Crippen LogP contribution is -2.38. The number of halogens is 3. The first-order valence-electron chi connectivity index (χ1n) is 13.5. The van der Waals surface area contributed by atoms with Gasteiger partial charge in [0.25, 0.3) is 9.70 Å². The van der Waals surface area contributed by atoms with Crippen LogP contribution >= 0.6 is 46.6 Å². The van der Waals surface area contributed by atoms with Crippen molar-refractivity contribution in [1.82, 2.24) is 25.5 Å². The van der Waals surface area contributed by atoms with Gasteiger partial charge in [0, 0.05) is 30.8 Å². The molecule has 4 unspecified atom stereocenters. The van der Waals surface area contributed by atoms with Crippen molar-refractivity contribution in [2.45, 2.75) is 47.5 Å². The molecule has 43 heavy (non-hydrogen) atoms. The number of aryl methyl sites for hydroxylation is 1. The molecule has 1 aliphatic heterocycles. The van der Waals surface area contributed by atoms with Crippen molar-refractivity contribution in [3.05, 3.63) is 95.1 Å². The second-order valence-corrected chi connectivity index (χ2v) is 13.4. The van der Waals surface area contributed by atoms with E-state index in [1.54, 1.807) is 11.7 Å². The maximum Gasteiger partial charge on any atom is 0.272 e. The van der Waals surface area contributed by atoms with E-state index in [0.29, 0.717) is 10.9 Å². The van der Waals surface area contributed by atoms with E-state index in [1.165, 1.54) is 11.8 Å². The standard InChI is InChI=1S/C30H30Cl3N5O4S/c1-18-25(17-43-29-35-36-37-38(29)2)41-27(42-26(18)21-9-7-19(16-39)8-10-21)22-13-11-20(12-14-22)24-6-4-3-5-23(24)15-34-28(40)30(31,32)33/h3-14,18,25-27,39H,15-17H2,1-2H3,(H,34,40). The summed E-state index contributed by atoms with van der Waals surface area (Å²) < 4.78 is 12.7. The van der Waals surface area contributed by atoms with Crippen LogP contribution in [0.1, 0.15) is 41.6 Å². The summed E-state index contributed by atoms with van der Waals surface area (Å²) in [6.45, 7) is 2.30. The first-order chi connectivity index (χ1) is 20.6. The number of carbonyl (C=O) groups is 1. The van der Waals surface area contributed by atoms with Gasteiger partial charge < -0.3 is 19.9 Å². The van der Waals surface area contributed by atoms with Gasteiger partial charge in [0.05, 0.1) is 18.8 Å². The molecule has 4 atom stereocenters. The first-order valence-corrected chi connectivity index (χ1v) is 15.6. The SMILES string of the molecule is CC1C(CSc2nnnn2C)OC(c2ccc(-c3ccccc3CNC(=O)C(Cl)(Cl)Cl)cc2)OC1c1ccc(CO)cc1. The molecular weight excluding hydrogens is 633 g/mol. The van der Waals surface area contributed by atoms with Gasteiger partial charge in [-0.15, -0.1) is 5.10 Å². The van der Waals surface area contributed by atoms with Gasteiger partial charge in [-0.25, -0.2) is 4.68 Å². The third-order valence-electron chi connectivity index (χ3n) is 7.29. The quantitative estimate of drug-likeness (QED) is 0.167. The van der Waals surface area contributed by atoms with E-state index in [-0.39, 0.29) is 31.3 Å². The Morgan fingerprint density at radius 3 is 2.37 bits per heavy atom. The number of hydrogen-bond donors (Lipinski definition) is 2. The van der Waals surface area contributed by atoms with Crippen molar-refractivity contribution < 1.29 is 19.4 Å². The molecule has 0 aliphatic carbocycles. The monoisotopic (exact) mass is 661 g/mol. The van der Waals surface area contributed by atoms with Crippen LogP contribution < -0.4 is 5.32 Å². The number of aliphatic hydroxyl groups is 1. The number of nitrogens with zero attached hydrogens (tertiary/aromatic N) is 4. The van der Waals surface area contributed by atoms with Crippen LogP contribution in [0.25, 0.3) is 11.1 Å². The summed E-state index contributed by atoms with van der Waals surface area (Å²) in [6, 6.07) is 23.5. The molecule has 226 valence electrons. The van der Waals surface area contributed by atoms with Gasteiger partial charge in [-0.3, -0.25) is 4.79 Å². The number of carbonyl (C=O) groups excluding carboxylic acids is 1. The van der Waals surface area contributed by atoms with Crippen LogP contribution in [0.15, 0.2) is 78.0 Å². The molecule has 0 radical (unpaired) electrons. The Hall–Kier alpha value is -2.70. The molecule has 1 aliphatic rings. The number of aliphatic hydroxyl groups excluding tert-OH is 1. The average Bonchev–Trinajstić information content (AvgIpc) is 3.43. The summed E-state index contributed by atoms with van der Waals surface area (Å²) in [4.78, 5) is 12.1. The Labute approximate surface area is 268 Å². The first kappa shape index (κ1) is 31.7. The van der Waals surface area contributed by atoms with Crippen molar-refractivity contribution in [3.8, 4) is 11.1 Å². The van der Waals surface area contributed by atoms with Crippen LogP contribution in [0.5, 0.6) is 0 Å². The molecule has 5 rings (SSSR count). The number of aromatic nitrogens is 4. The summed E-state index contributed by atoms with van der Waals surface area (Å²) in [7, 11) is 1.81. The van der Waals surface area contributed by atoms with E-state index in [4.69, 9.17) is 44.3 Å². The van der Waals surface area contributed by atoms with Crippen molar-refractivity contribution in [3.63, 3.8) is 0 Å². The Bertz CT molecular complexity index is 1530. The van der Waals surface area contributed by atoms with Gasteiger partial charge in [0.15, 0.2) is 6.29 Å². The Morgan fingerprint density at radius 2 is 1.72 bits per heavy atom. The van der Waals surface area contributed by atoms with Gasteiger partial charge in [-0.05, 0) is 38.2 Å². The number of benzene rings is 3. The fraction of sp³-hybridized carbons (Fsp3) is 0.333. The minimum Gasteiger partial charge on any atom is -0.392 e. The van der Waals surface area contributed by atoms with Crippen LogP contribution in [0, 0.1) is 5.92 Å². The van der Waals surface area contributed by atoms with Crippen molar-refractivity contribution in [1.29, 1.82) is 0 Å². The normalized spacial score (nSPS) is 20.6. The second-order valence-electron chi connectivity index (χ2n) is 10.2. The molecule has 0 spiro atoms. The zero-order valence-electron chi connectivity index (χ0n) is 23.4. The average molecular weight is 663 g/mol. The third kappa shape index (κ3) is 7.69. The highest BCUT2D eigenvalue weighted by Crippen LogP contribution is 2.43. The molecule has 1 amide bonds. The maximum absolute atomic E-state index is 12.1. The Kier molecular flexibility index (Phi) is 10.3. The van der Waals surface area contributed by atoms with Crippen molar-refractivity contribution in [2.75, 3.05) is 5.75 Å². The molecule has 0 bridgehead atoms. The smallest absolute Gasteiger partial charge is 0.272 e. The molecule has 1 aromatic heterocycles. The van der Waals surface area contributed by atoms with Crippen LogP contribution in [-0.2, 0) is 34.5 Å². The lowest BCUT2D eigenvalue weighted by molar-refractivity contribution is -0.268. The minimum atomic E-state index is -2.03. The van der Waals surface area contributed by atoms with E-state index in [1.807, 2.05) is 72.8 Å². The van der Waals surface area contributed by atoms with Crippen LogP contribution in [-0.4, -0.2) is 46.9 Å². The van der Waals surface area contributed by atoms with Crippen LogP contribution in [0.3, 0.4) is 0 Å². The molecule has 3 aromatic carbocycles. The van der Waals surface area contributed by atoms with Gasteiger partial charge in [0.2, 0.25) is 5.16 Å². The molecule has 1 fully saturated rings. The van der Waals surface area contributed by atoms with Crippen LogP contribution in [0.4, 0.5) is 0 Å². The molecule has 2 heterocycles. The molecule has 13 heteroatoms. The molecule has 4 aromatic rings. The van der Waals surface area contributed by atoms with Gasteiger partial charge in [0.1, 0.15) is 0 Å². The number of tetrazole rings is 1. The summed E-state index contributed by atoms with van der Waals surface area (Å²) in [5.41, 5.74) is 5.47. The molecule has 9 nitrogen and oxygen atoms in total. The summed E-state index contributed by atoms with van der Waals surface area (Å²) >= 11 is 18.7. The van der Waals surface area contributed by atoms with Crippen molar-refractivity contribution >= 4 is 52.5 Å². The molecular formula is C30H30Cl3N5O4S. The van der Waals surface area contributed by atoms with E-state index in [0.717, 1.165) is 33.4 Å². The maximum atomic E-state index is 12.1. The highest BCUT2D eigenvalue weighted by atomic mass is 35.6. The van der Waals surface area contributed by atoms with E-state index < -0.39 is 16.0 Å². The number of alkyl halides is 3. The van der Waals surface area contributed by atoms with Gasteiger partial charge in [-0.2, -0.15) is 0 Å². The number of nitrogens with one attached hydrogen (secondary N) is 1. The number of ether oxygens (including phenoxy) is 2. The fourth-order valence-electron chi connectivity index (χ4n) is 4.86. The lowest BCUT2D eigenvalue weighted by Gasteiger charge is -2.41. The predicted octanol–water partition coefficient (Wildman–Crippen LogP) is 5.94. The molecule has 1 saturated heterocycles. The largest absolute Gasteiger partial charge is 0.392 e. The number of hydrogen-bond acceptors (Lipinski definition) is 8. The zero-order chi connectivity index (χ0) is 30.6. The Morgan fingerprint density at radius 1 is 1.02 bits per heavy atom. The van der Waals surface area contributed by atoms with E-state index in [9.17, 15) is 9.90 Å². The summed E-state index contributed by atoms with van der Waals surface area (Å²) in [5.74, 6) is -0.0302. The van der Waals surface area contributed by atoms with E-state index in [2.05, 4.69) is 27.8 Å².